The molecule has 0 heterocycles. The molecule has 0 spiro atoms. The fourth-order valence-electron chi connectivity index (χ4n) is 1.35. The predicted molar refractivity (Wildman–Crippen MR) is 59.3 cm³/mol. The van der Waals surface area contributed by atoms with E-state index in [0.717, 1.165) is 18.9 Å². The summed E-state index contributed by atoms with van der Waals surface area (Å²) in [7, 11) is 0. The third-order valence-corrected chi connectivity index (χ3v) is 2.99. The molecule has 1 aromatic carbocycles. The Hall–Kier alpha value is -1.10. The molecule has 0 atom stereocenters. The lowest BCUT2D eigenvalue weighted by Crippen LogP contribution is -2.07. The SMILES string of the molecule is O=C(O)c1cc(F)cc(Br)c1OCC1CC1. The Morgan fingerprint density at radius 3 is 2.81 bits per heavy atom. The van der Waals surface area contributed by atoms with Crippen molar-refractivity contribution < 1.29 is 19.0 Å². The molecule has 0 unspecified atom stereocenters. The first kappa shape index (κ1) is 11.4. The largest absolute Gasteiger partial charge is 0.491 e. The van der Waals surface area contributed by atoms with Crippen molar-refractivity contribution in [2.75, 3.05) is 6.61 Å². The molecule has 0 aliphatic heterocycles. The topological polar surface area (TPSA) is 46.5 Å². The van der Waals surface area contributed by atoms with E-state index in [1.807, 2.05) is 0 Å². The van der Waals surface area contributed by atoms with Crippen molar-refractivity contribution in [1.29, 1.82) is 0 Å². The van der Waals surface area contributed by atoms with Gasteiger partial charge in [-0.05, 0) is 46.8 Å². The van der Waals surface area contributed by atoms with Crippen LogP contribution in [0.25, 0.3) is 0 Å². The summed E-state index contributed by atoms with van der Waals surface area (Å²) >= 11 is 3.11. The van der Waals surface area contributed by atoms with Crippen molar-refractivity contribution in [3.05, 3.63) is 28.0 Å². The summed E-state index contributed by atoms with van der Waals surface area (Å²) in [6, 6.07) is 2.17. The van der Waals surface area contributed by atoms with Gasteiger partial charge in [-0.15, -0.1) is 0 Å². The maximum absolute atomic E-state index is 13.0. The molecular weight excluding hydrogens is 279 g/mol. The van der Waals surface area contributed by atoms with E-state index in [0.29, 0.717) is 17.0 Å². The van der Waals surface area contributed by atoms with Crippen LogP contribution in [0.3, 0.4) is 0 Å². The van der Waals surface area contributed by atoms with Gasteiger partial charge < -0.3 is 9.84 Å². The highest BCUT2D eigenvalue weighted by molar-refractivity contribution is 9.10. The number of ether oxygens (including phenoxy) is 1. The van der Waals surface area contributed by atoms with E-state index >= 15 is 0 Å². The molecule has 0 amide bonds. The Morgan fingerprint density at radius 1 is 1.56 bits per heavy atom. The third kappa shape index (κ3) is 2.52. The summed E-state index contributed by atoms with van der Waals surface area (Å²) in [6.45, 7) is 0.491. The second-order valence-electron chi connectivity index (χ2n) is 3.82. The van der Waals surface area contributed by atoms with Gasteiger partial charge in [-0.25, -0.2) is 9.18 Å². The summed E-state index contributed by atoms with van der Waals surface area (Å²) < 4.78 is 18.8. The third-order valence-electron chi connectivity index (χ3n) is 2.40. The number of hydrogen-bond acceptors (Lipinski definition) is 2. The van der Waals surface area contributed by atoms with Gasteiger partial charge in [-0.1, -0.05) is 0 Å². The van der Waals surface area contributed by atoms with Gasteiger partial charge in [-0.2, -0.15) is 0 Å². The average Bonchev–Trinajstić information content (AvgIpc) is 2.98. The smallest absolute Gasteiger partial charge is 0.339 e. The molecule has 86 valence electrons. The van der Waals surface area contributed by atoms with Gasteiger partial charge in [0.2, 0.25) is 0 Å². The highest BCUT2D eigenvalue weighted by Crippen LogP contribution is 2.34. The number of rotatable bonds is 4. The van der Waals surface area contributed by atoms with Crippen molar-refractivity contribution in [2.24, 2.45) is 5.92 Å². The van der Waals surface area contributed by atoms with Gasteiger partial charge in [-0.3, -0.25) is 0 Å². The molecule has 0 bridgehead atoms. The molecule has 1 fully saturated rings. The Bertz CT molecular complexity index is 429. The van der Waals surface area contributed by atoms with Crippen LogP contribution in [-0.4, -0.2) is 17.7 Å². The molecule has 0 aromatic heterocycles. The molecule has 1 saturated carbocycles. The van der Waals surface area contributed by atoms with Gasteiger partial charge in [0.25, 0.3) is 0 Å². The lowest BCUT2D eigenvalue weighted by Gasteiger charge is -2.10. The first-order valence-electron chi connectivity index (χ1n) is 4.93. The number of benzene rings is 1. The number of hydrogen-bond donors (Lipinski definition) is 1. The summed E-state index contributed by atoms with van der Waals surface area (Å²) in [5.41, 5.74) is -0.146. The molecule has 0 radical (unpaired) electrons. The van der Waals surface area contributed by atoms with Crippen LogP contribution in [0.4, 0.5) is 4.39 Å². The van der Waals surface area contributed by atoms with Gasteiger partial charge >= 0.3 is 5.97 Å². The molecule has 16 heavy (non-hydrogen) atoms. The van der Waals surface area contributed by atoms with E-state index in [1.54, 1.807) is 0 Å². The number of aromatic carboxylic acids is 1. The zero-order chi connectivity index (χ0) is 11.7. The minimum Gasteiger partial charge on any atom is -0.491 e. The van der Waals surface area contributed by atoms with Crippen LogP contribution in [0.5, 0.6) is 5.75 Å². The molecule has 1 aromatic rings. The Kier molecular flexibility index (Phi) is 3.14. The van der Waals surface area contributed by atoms with E-state index in [1.165, 1.54) is 6.07 Å². The first-order chi connectivity index (χ1) is 7.58. The quantitative estimate of drug-likeness (QED) is 0.926. The second kappa shape index (κ2) is 4.41. The maximum Gasteiger partial charge on any atom is 0.339 e. The fourth-order valence-corrected chi connectivity index (χ4v) is 1.90. The van der Waals surface area contributed by atoms with Crippen LogP contribution >= 0.6 is 15.9 Å². The lowest BCUT2D eigenvalue weighted by molar-refractivity contribution is 0.0691. The first-order valence-corrected chi connectivity index (χ1v) is 5.72. The van der Waals surface area contributed by atoms with Crippen LogP contribution in [0.15, 0.2) is 16.6 Å². The molecule has 1 N–H and O–H groups in total. The summed E-state index contributed by atoms with van der Waals surface area (Å²) in [5, 5.41) is 8.93. The van der Waals surface area contributed by atoms with Crippen LogP contribution < -0.4 is 4.74 Å². The van der Waals surface area contributed by atoms with Crippen LogP contribution in [0.2, 0.25) is 0 Å². The zero-order valence-corrected chi connectivity index (χ0v) is 9.96. The predicted octanol–water partition coefficient (Wildman–Crippen LogP) is 3.08. The number of carboxylic acids is 1. The summed E-state index contributed by atoms with van der Waals surface area (Å²) in [4.78, 5) is 10.9. The van der Waals surface area contributed by atoms with Crippen LogP contribution in [0.1, 0.15) is 23.2 Å². The average molecular weight is 289 g/mol. The molecule has 2 rings (SSSR count). The molecule has 1 aliphatic carbocycles. The van der Waals surface area contributed by atoms with Gasteiger partial charge in [0.05, 0.1) is 11.1 Å². The number of carboxylic acid groups (broad SMARTS) is 1. The van der Waals surface area contributed by atoms with Crippen molar-refractivity contribution in [1.82, 2.24) is 0 Å². The van der Waals surface area contributed by atoms with Crippen LogP contribution in [0, 0.1) is 11.7 Å². The molecule has 3 nitrogen and oxygen atoms in total. The van der Waals surface area contributed by atoms with E-state index in [2.05, 4.69) is 15.9 Å². The molecule has 0 saturated heterocycles. The van der Waals surface area contributed by atoms with Gasteiger partial charge in [0.15, 0.2) is 0 Å². The monoisotopic (exact) mass is 288 g/mol. The van der Waals surface area contributed by atoms with E-state index in [-0.39, 0.29) is 11.3 Å². The standard InChI is InChI=1S/C11H10BrFO3/c12-9-4-7(13)3-8(11(14)15)10(9)16-5-6-1-2-6/h3-4,6H,1-2,5H2,(H,14,15). The van der Waals surface area contributed by atoms with Crippen molar-refractivity contribution in [3.8, 4) is 5.75 Å². The molecular formula is C11H10BrFO3. The summed E-state index contributed by atoms with van der Waals surface area (Å²) in [5.74, 6) is -1.06. The minimum absolute atomic E-state index is 0.146. The zero-order valence-electron chi connectivity index (χ0n) is 8.37. The van der Waals surface area contributed by atoms with Gasteiger partial charge in [0, 0.05) is 0 Å². The lowest BCUT2D eigenvalue weighted by atomic mass is 10.2. The highest BCUT2D eigenvalue weighted by atomic mass is 79.9. The maximum atomic E-state index is 13.0. The highest BCUT2D eigenvalue weighted by Gasteiger charge is 2.24. The Labute approximate surface area is 100 Å². The number of halogens is 2. The minimum atomic E-state index is -1.19. The fraction of sp³-hybridized carbons (Fsp3) is 0.364. The van der Waals surface area contributed by atoms with Crippen LogP contribution in [-0.2, 0) is 0 Å². The summed E-state index contributed by atoms with van der Waals surface area (Å²) in [6.07, 6.45) is 2.22. The van der Waals surface area contributed by atoms with E-state index in [9.17, 15) is 9.18 Å². The molecule has 1 aliphatic rings. The van der Waals surface area contributed by atoms with Gasteiger partial charge in [0.1, 0.15) is 17.1 Å². The molecule has 5 heteroatoms. The van der Waals surface area contributed by atoms with E-state index < -0.39 is 11.8 Å². The second-order valence-corrected chi connectivity index (χ2v) is 4.68. The Balaban J connectivity index is 2.27. The van der Waals surface area contributed by atoms with Crippen molar-refractivity contribution in [3.63, 3.8) is 0 Å². The number of carbonyl (C=O) groups is 1. The van der Waals surface area contributed by atoms with Crippen molar-refractivity contribution >= 4 is 21.9 Å². The normalized spacial score (nSPS) is 14.9. The van der Waals surface area contributed by atoms with Crippen molar-refractivity contribution in [2.45, 2.75) is 12.8 Å². The Morgan fingerprint density at radius 2 is 2.25 bits per heavy atom. The van der Waals surface area contributed by atoms with E-state index in [4.69, 9.17) is 9.84 Å².